The molecule has 1 aromatic carbocycles. The molecule has 1 heterocycles. The van der Waals surface area contributed by atoms with Crippen LogP contribution in [0.15, 0.2) is 24.3 Å². The number of nitrogens with zero attached hydrogens (tertiary/aromatic N) is 1. The van der Waals surface area contributed by atoms with Gasteiger partial charge in [-0.3, -0.25) is 9.59 Å². The lowest BCUT2D eigenvalue weighted by Crippen LogP contribution is -2.41. The number of benzene rings is 1. The van der Waals surface area contributed by atoms with Gasteiger partial charge in [-0.15, -0.1) is 0 Å². The first-order valence-corrected chi connectivity index (χ1v) is 7.90. The Morgan fingerprint density at radius 3 is 2.58 bits per heavy atom. The van der Waals surface area contributed by atoms with Crippen LogP contribution >= 0.6 is 0 Å². The number of methoxy groups -OCH3 is 1. The van der Waals surface area contributed by atoms with Crippen LogP contribution in [-0.2, 0) is 20.9 Å². The number of hydrogen-bond donors (Lipinski definition) is 2. The van der Waals surface area contributed by atoms with E-state index < -0.39 is 17.9 Å². The highest BCUT2D eigenvalue weighted by atomic mass is 16.5. The third-order valence-corrected chi connectivity index (χ3v) is 3.98. The van der Waals surface area contributed by atoms with Gasteiger partial charge in [-0.2, -0.15) is 0 Å². The van der Waals surface area contributed by atoms with Crippen molar-refractivity contribution < 1.29 is 24.2 Å². The number of likely N-dealkylation sites (tertiary alicyclic amines) is 1. The summed E-state index contributed by atoms with van der Waals surface area (Å²) in [6.07, 6.45) is 1.68. The molecule has 1 aromatic rings. The minimum atomic E-state index is -1.09. The van der Waals surface area contributed by atoms with Crippen LogP contribution in [0.3, 0.4) is 0 Å². The van der Waals surface area contributed by atoms with Gasteiger partial charge in [0, 0.05) is 45.2 Å². The number of amides is 2. The van der Waals surface area contributed by atoms with Crippen LogP contribution in [0.2, 0.25) is 0 Å². The van der Waals surface area contributed by atoms with Crippen molar-refractivity contribution in [3.05, 3.63) is 35.4 Å². The lowest BCUT2D eigenvalue weighted by atomic mass is 10.1. The molecular weight excluding hydrogens is 312 g/mol. The first-order valence-electron chi connectivity index (χ1n) is 7.90. The zero-order valence-corrected chi connectivity index (χ0v) is 13.7. The Morgan fingerprint density at radius 2 is 2.04 bits per heavy atom. The van der Waals surface area contributed by atoms with Gasteiger partial charge in [-0.05, 0) is 24.1 Å². The lowest BCUT2D eigenvalue weighted by molar-refractivity contribution is -0.139. The van der Waals surface area contributed by atoms with Gasteiger partial charge < -0.3 is 20.1 Å². The number of aliphatic carboxylic acids is 1. The molecule has 2 amide bonds. The Hall–Kier alpha value is -2.41. The van der Waals surface area contributed by atoms with E-state index in [-0.39, 0.29) is 18.9 Å². The first kappa shape index (κ1) is 17.9. The van der Waals surface area contributed by atoms with Crippen molar-refractivity contribution in [2.75, 3.05) is 20.3 Å². The summed E-state index contributed by atoms with van der Waals surface area (Å²) in [5.74, 6) is -1.38. The van der Waals surface area contributed by atoms with E-state index in [4.69, 9.17) is 9.84 Å². The molecule has 1 aliphatic rings. The highest BCUT2D eigenvalue weighted by molar-refractivity contribution is 5.96. The summed E-state index contributed by atoms with van der Waals surface area (Å²) in [7, 11) is 1.48. The van der Waals surface area contributed by atoms with E-state index in [0.717, 1.165) is 18.5 Å². The maximum Gasteiger partial charge on any atom is 0.326 e. The molecule has 1 aliphatic heterocycles. The summed E-state index contributed by atoms with van der Waals surface area (Å²) in [5, 5.41) is 11.6. The van der Waals surface area contributed by atoms with Crippen LogP contribution in [0.5, 0.6) is 0 Å². The summed E-state index contributed by atoms with van der Waals surface area (Å²) in [5.41, 5.74) is 1.33. The molecule has 0 spiro atoms. The van der Waals surface area contributed by atoms with Gasteiger partial charge in [0.2, 0.25) is 5.91 Å². The summed E-state index contributed by atoms with van der Waals surface area (Å²) in [6.45, 7) is 1.55. The summed E-state index contributed by atoms with van der Waals surface area (Å²) >= 11 is 0. The Balaban J connectivity index is 1.94. The van der Waals surface area contributed by atoms with Gasteiger partial charge in [0.15, 0.2) is 0 Å². The quantitative estimate of drug-likeness (QED) is 0.740. The Bertz CT molecular complexity index is 600. The number of carboxylic acids is 1. The Morgan fingerprint density at radius 1 is 1.33 bits per heavy atom. The van der Waals surface area contributed by atoms with Crippen molar-refractivity contribution in [3.8, 4) is 0 Å². The third-order valence-electron chi connectivity index (χ3n) is 3.98. The fraction of sp³-hybridized carbons (Fsp3) is 0.471. The molecule has 0 aromatic heterocycles. The summed E-state index contributed by atoms with van der Waals surface area (Å²) in [4.78, 5) is 36.7. The minimum Gasteiger partial charge on any atom is -0.480 e. The van der Waals surface area contributed by atoms with Gasteiger partial charge in [-0.1, -0.05) is 12.1 Å². The Kier molecular flexibility index (Phi) is 6.31. The molecule has 1 fully saturated rings. The topological polar surface area (TPSA) is 95.9 Å². The number of carboxylic acid groups (broad SMARTS) is 1. The highest BCUT2D eigenvalue weighted by Gasteiger charge is 2.21. The third kappa shape index (κ3) is 4.79. The average Bonchev–Trinajstić information content (AvgIpc) is 2.96. The second-order valence-corrected chi connectivity index (χ2v) is 5.76. The molecule has 24 heavy (non-hydrogen) atoms. The minimum absolute atomic E-state index is 0.152. The van der Waals surface area contributed by atoms with Crippen LogP contribution in [0, 0.1) is 0 Å². The molecule has 1 unspecified atom stereocenters. The zero-order valence-electron chi connectivity index (χ0n) is 13.7. The second-order valence-electron chi connectivity index (χ2n) is 5.76. The van der Waals surface area contributed by atoms with Crippen molar-refractivity contribution in [1.29, 1.82) is 0 Å². The van der Waals surface area contributed by atoms with Crippen LogP contribution < -0.4 is 5.32 Å². The summed E-state index contributed by atoms with van der Waals surface area (Å²) < 4.78 is 4.85. The van der Waals surface area contributed by atoms with E-state index in [1.165, 1.54) is 7.11 Å². The van der Waals surface area contributed by atoms with Crippen molar-refractivity contribution >= 4 is 17.8 Å². The number of carbonyl (C=O) groups is 3. The number of hydrogen-bond acceptors (Lipinski definition) is 4. The number of carbonyl (C=O) groups excluding carboxylic acids is 2. The second kappa shape index (κ2) is 8.44. The van der Waals surface area contributed by atoms with E-state index >= 15 is 0 Å². The van der Waals surface area contributed by atoms with Crippen LogP contribution in [-0.4, -0.2) is 54.1 Å². The van der Waals surface area contributed by atoms with E-state index in [1.54, 1.807) is 29.2 Å². The predicted octanol–water partition coefficient (Wildman–Crippen LogP) is 1.03. The predicted molar refractivity (Wildman–Crippen MR) is 86.5 cm³/mol. The van der Waals surface area contributed by atoms with Crippen molar-refractivity contribution in [3.63, 3.8) is 0 Å². The standard InChI is InChI=1S/C17H22N2O5/c1-24-10-8-14(17(22)23)18-16(21)13-6-4-12(5-7-13)11-19-9-2-3-15(19)20/h4-7,14H,2-3,8-11H2,1H3,(H,18,21)(H,22,23). The molecule has 0 bridgehead atoms. The number of nitrogens with one attached hydrogen (secondary N) is 1. The smallest absolute Gasteiger partial charge is 0.326 e. The van der Waals surface area contributed by atoms with E-state index in [1.807, 2.05) is 0 Å². The maximum atomic E-state index is 12.2. The molecule has 1 atom stereocenters. The molecule has 2 N–H and O–H groups in total. The monoisotopic (exact) mass is 334 g/mol. The van der Waals surface area contributed by atoms with Gasteiger partial charge in [-0.25, -0.2) is 4.79 Å². The molecule has 7 heteroatoms. The van der Waals surface area contributed by atoms with Gasteiger partial charge in [0.1, 0.15) is 6.04 Å². The fourth-order valence-electron chi connectivity index (χ4n) is 2.59. The van der Waals surface area contributed by atoms with Crippen molar-refractivity contribution in [1.82, 2.24) is 10.2 Å². The van der Waals surface area contributed by atoms with Crippen LogP contribution in [0.4, 0.5) is 0 Å². The lowest BCUT2D eigenvalue weighted by Gasteiger charge is -2.16. The average molecular weight is 334 g/mol. The van der Waals surface area contributed by atoms with Gasteiger partial charge >= 0.3 is 5.97 Å². The van der Waals surface area contributed by atoms with E-state index in [0.29, 0.717) is 18.5 Å². The fourth-order valence-corrected chi connectivity index (χ4v) is 2.59. The number of ether oxygens (including phenoxy) is 1. The molecule has 0 saturated carbocycles. The SMILES string of the molecule is COCCC(NC(=O)c1ccc(CN2CCCC2=O)cc1)C(=O)O. The summed E-state index contributed by atoms with van der Waals surface area (Å²) in [6, 6.07) is 5.86. The molecule has 130 valence electrons. The van der Waals surface area contributed by atoms with Gasteiger partial charge in [0.05, 0.1) is 0 Å². The first-order chi connectivity index (χ1) is 11.5. The molecule has 7 nitrogen and oxygen atoms in total. The van der Waals surface area contributed by atoms with E-state index in [9.17, 15) is 14.4 Å². The number of rotatable bonds is 8. The largest absolute Gasteiger partial charge is 0.480 e. The zero-order chi connectivity index (χ0) is 17.5. The van der Waals surface area contributed by atoms with Crippen LogP contribution in [0.25, 0.3) is 0 Å². The van der Waals surface area contributed by atoms with Gasteiger partial charge in [0.25, 0.3) is 5.91 Å². The van der Waals surface area contributed by atoms with Crippen molar-refractivity contribution in [2.24, 2.45) is 0 Å². The molecule has 1 saturated heterocycles. The molecular formula is C17H22N2O5. The maximum absolute atomic E-state index is 12.2. The van der Waals surface area contributed by atoms with Crippen molar-refractivity contribution in [2.45, 2.75) is 31.8 Å². The normalized spacial score (nSPS) is 15.4. The van der Waals surface area contributed by atoms with Crippen LogP contribution in [0.1, 0.15) is 35.2 Å². The molecule has 2 rings (SSSR count). The Labute approximate surface area is 140 Å². The highest BCUT2D eigenvalue weighted by Crippen LogP contribution is 2.15. The molecule has 0 aliphatic carbocycles. The molecule has 0 radical (unpaired) electrons. The van der Waals surface area contributed by atoms with E-state index in [2.05, 4.69) is 5.32 Å².